The molecule has 3 saturated carbocycles. The van der Waals surface area contributed by atoms with Crippen molar-refractivity contribution in [3.05, 3.63) is 11.6 Å². The van der Waals surface area contributed by atoms with Crippen LogP contribution < -0.4 is 11.5 Å². The Kier molecular flexibility index (Phi) is 10.6. The molecule has 6 atom stereocenters. The second-order valence-electron chi connectivity index (χ2n) is 10.8. The number of fused-ring (bicyclic) bond motifs is 5. The molecule has 0 radical (unpaired) electrons. The van der Waals surface area contributed by atoms with E-state index in [1.807, 2.05) is 6.08 Å². The molecule has 3 fully saturated rings. The van der Waals surface area contributed by atoms with Crippen LogP contribution in [-0.2, 0) is 13.4 Å². The third kappa shape index (κ3) is 6.47. The van der Waals surface area contributed by atoms with Gasteiger partial charge in [-0.05, 0) is 112 Å². The molecule has 0 unspecified atom stereocenters. The van der Waals surface area contributed by atoms with Crippen LogP contribution in [0.1, 0.15) is 85.0 Å². The number of hydrogen-bond acceptors (Lipinski definition) is 5. The van der Waals surface area contributed by atoms with Crippen LogP contribution in [0.25, 0.3) is 0 Å². The van der Waals surface area contributed by atoms with Crippen molar-refractivity contribution >= 4 is 26.1 Å². The normalized spacial score (nSPS) is 36.8. The van der Waals surface area contributed by atoms with E-state index in [1.54, 1.807) is 6.92 Å². The van der Waals surface area contributed by atoms with E-state index < -0.39 is 14.5 Å². The molecule has 7 nitrogen and oxygen atoms in total. The fourth-order valence-electron chi connectivity index (χ4n) is 7.52. The van der Waals surface area contributed by atoms with Crippen LogP contribution in [0.15, 0.2) is 11.6 Å². The van der Waals surface area contributed by atoms with Crippen LogP contribution in [0, 0.1) is 34.5 Å². The summed E-state index contributed by atoms with van der Waals surface area (Å²) in [6.07, 6.45) is 13.1. The minimum atomic E-state index is -3.29. The summed E-state index contributed by atoms with van der Waals surface area (Å²) < 4.78 is 23.1. The van der Waals surface area contributed by atoms with E-state index in [2.05, 4.69) is 13.8 Å². The Labute approximate surface area is 203 Å². The summed E-state index contributed by atoms with van der Waals surface area (Å²) in [6, 6.07) is 0. The van der Waals surface area contributed by atoms with Crippen molar-refractivity contribution in [2.24, 2.45) is 46.0 Å². The summed E-state index contributed by atoms with van der Waals surface area (Å²) >= 11 is -3.29. The molecular weight excluding hydrogens is 487 g/mol. The Morgan fingerprint density at radius 1 is 1.03 bits per heavy atom. The van der Waals surface area contributed by atoms with Gasteiger partial charge in [0.15, 0.2) is 5.78 Å². The van der Waals surface area contributed by atoms with Crippen molar-refractivity contribution in [1.82, 2.24) is 0 Å². The Morgan fingerprint density at radius 3 is 2.18 bits per heavy atom. The molecule has 0 aromatic rings. The van der Waals surface area contributed by atoms with E-state index in [0.29, 0.717) is 17.5 Å². The van der Waals surface area contributed by atoms with Crippen molar-refractivity contribution in [3.8, 4) is 0 Å². The minimum absolute atomic E-state index is 0.245. The van der Waals surface area contributed by atoms with Crippen molar-refractivity contribution in [3.63, 3.8) is 0 Å². The Bertz CT molecular complexity index is 749. The molecule has 0 amide bonds. The van der Waals surface area contributed by atoms with Gasteiger partial charge in [0.1, 0.15) is 5.78 Å². The van der Waals surface area contributed by atoms with Crippen LogP contribution in [-0.4, -0.2) is 47.5 Å². The van der Waals surface area contributed by atoms with Gasteiger partial charge in [-0.1, -0.05) is 19.4 Å². The fraction of sp³-hybridized carbons (Fsp3) is 0.840. The van der Waals surface area contributed by atoms with Crippen LogP contribution in [0.2, 0.25) is 0 Å². The fourth-order valence-corrected chi connectivity index (χ4v) is 7.52. The zero-order chi connectivity index (χ0) is 24.8. The van der Waals surface area contributed by atoms with Gasteiger partial charge in [0, 0.05) is 12.3 Å². The van der Waals surface area contributed by atoms with E-state index in [9.17, 15) is 9.59 Å². The third-order valence-corrected chi connectivity index (χ3v) is 9.11. The molecule has 4 rings (SSSR count). The van der Waals surface area contributed by atoms with Gasteiger partial charge < -0.3 is 11.5 Å². The maximum absolute atomic E-state index is 12.1. The molecular formula is C25H44N2O5Se. The van der Waals surface area contributed by atoms with Gasteiger partial charge in [0.2, 0.25) is 0 Å². The molecule has 0 bridgehead atoms. The number of unbranched alkanes of at least 4 members (excludes halogenated alkanes) is 1. The standard InChI is InChI=1S/C21H30O2.C4H12N2.H2O3Se/c1-13(22)17-6-7-18-16-5-4-14-12-15(23)8-10-20(14,2)19(16)9-11-21(17,18)3;5-3-1-2-4-6;1-4(2)3/h12,16-19H,4-11H2,1-3H3;1-6H2;(H2,1,2,3)/t16-,17+,18-,19-,20-,21+;;/m0../s1. The Hall–Kier alpha value is -0.761. The SMILES string of the molecule is CC(=O)[C@H]1CC[C@H]2[C@@H]3CCC4=CC(=O)CC[C@]4(C)[C@H]3CC[C@]12C.NCCCCN.O=[Se](O)O. The molecule has 0 aliphatic heterocycles. The molecule has 0 spiro atoms. The average Bonchev–Trinajstić information content (AvgIpc) is 3.10. The number of nitrogens with two attached hydrogens (primary N) is 2. The second kappa shape index (κ2) is 12.3. The summed E-state index contributed by atoms with van der Waals surface area (Å²) in [7, 11) is 0. The summed E-state index contributed by atoms with van der Waals surface area (Å²) in [6.45, 7) is 8.20. The van der Waals surface area contributed by atoms with Gasteiger partial charge in [-0.3, -0.25) is 9.59 Å². The number of rotatable bonds is 4. The van der Waals surface area contributed by atoms with Crippen LogP contribution in [0.4, 0.5) is 0 Å². The topological polar surface area (TPSA) is 144 Å². The van der Waals surface area contributed by atoms with Crippen molar-refractivity contribution < 1.29 is 21.8 Å². The summed E-state index contributed by atoms with van der Waals surface area (Å²) in [4.78, 5) is 24.0. The number of Topliss-reactive ketones (excluding diaryl/α,β-unsaturated/α-hetero) is 1. The van der Waals surface area contributed by atoms with Crippen molar-refractivity contribution in [1.29, 1.82) is 0 Å². The molecule has 4 aliphatic rings. The summed E-state index contributed by atoms with van der Waals surface area (Å²) in [5.41, 5.74) is 12.3. The number of allylic oxidation sites excluding steroid dienone is 1. The van der Waals surface area contributed by atoms with Crippen molar-refractivity contribution in [2.75, 3.05) is 13.1 Å². The Balaban J connectivity index is 0.000000327. The first-order valence-corrected chi connectivity index (χ1v) is 14.7. The van der Waals surface area contributed by atoms with Crippen LogP contribution in [0.3, 0.4) is 0 Å². The van der Waals surface area contributed by atoms with E-state index in [4.69, 9.17) is 23.7 Å². The molecule has 0 aromatic heterocycles. The summed E-state index contributed by atoms with van der Waals surface area (Å²) in [5, 5.41) is 0. The molecule has 0 heterocycles. The number of carbonyl (C=O) groups is 2. The summed E-state index contributed by atoms with van der Waals surface area (Å²) in [5.74, 6) is 3.29. The molecule has 0 aromatic carbocycles. The molecule has 6 N–H and O–H groups in total. The number of hydrogen-bond donors (Lipinski definition) is 4. The van der Waals surface area contributed by atoms with E-state index in [0.717, 1.165) is 69.4 Å². The Morgan fingerprint density at radius 2 is 1.64 bits per heavy atom. The van der Waals surface area contributed by atoms with E-state index in [1.165, 1.54) is 31.3 Å². The first kappa shape index (κ1) is 28.5. The maximum atomic E-state index is 12.1. The molecule has 8 heteroatoms. The van der Waals surface area contributed by atoms with Gasteiger partial charge in [-0.25, -0.2) is 0 Å². The van der Waals surface area contributed by atoms with Crippen LogP contribution >= 0.6 is 0 Å². The van der Waals surface area contributed by atoms with E-state index >= 15 is 0 Å². The second-order valence-corrected chi connectivity index (χ2v) is 11.7. The van der Waals surface area contributed by atoms with Crippen LogP contribution in [0.5, 0.6) is 0 Å². The first-order valence-electron chi connectivity index (χ1n) is 12.5. The average molecular weight is 532 g/mol. The predicted octanol–water partition coefficient (Wildman–Crippen LogP) is 2.79. The molecule has 4 aliphatic carbocycles. The van der Waals surface area contributed by atoms with E-state index in [-0.39, 0.29) is 10.8 Å². The predicted molar refractivity (Wildman–Crippen MR) is 129 cm³/mol. The van der Waals surface area contributed by atoms with Gasteiger partial charge >= 0.3 is 26.7 Å². The van der Waals surface area contributed by atoms with Gasteiger partial charge in [0.05, 0.1) is 0 Å². The third-order valence-electron chi connectivity index (χ3n) is 9.11. The van der Waals surface area contributed by atoms with Crippen molar-refractivity contribution in [2.45, 2.75) is 85.0 Å². The zero-order valence-corrected chi connectivity index (χ0v) is 22.3. The van der Waals surface area contributed by atoms with Gasteiger partial charge in [-0.15, -0.1) is 0 Å². The molecule has 0 saturated heterocycles. The molecule has 190 valence electrons. The zero-order valence-electron chi connectivity index (χ0n) is 20.6. The number of ketones is 2. The van der Waals surface area contributed by atoms with Gasteiger partial charge in [0.25, 0.3) is 0 Å². The first-order chi connectivity index (χ1) is 15.5. The monoisotopic (exact) mass is 532 g/mol. The van der Waals surface area contributed by atoms with Gasteiger partial charge in [-0.2, -0.15) is 0 Å². The quantitative estimate of drug-likeness (QED) is 0.323. The molecule has 33 heavy (non-hydrogen) atoms. The number of carbonyl (C=O) groups excluding carboxylic acids is 2.